The number of aromatic carboxylic acids is 1. The summed E-state index contributed by atoms with van der Waals surface area (Å²) in [5.41, 5.74) is 4.25. The van der Waals surface area contributed by atoms with Crippen LogP contribution in [0.15, 0.2) is 23.1 Å². The molecule has 186 valence electrons. The number of carboxylic acids is 1. The zero-order chi connectivity index (χ0) is 25.8. The van der Waals surface area contributed by atoms with Crippen LogP contribution in [0.5, 0.6) is 0 Å². The van der Waals surface area contributed by atoms with E-state index in [0.717, 1.165) is 18.8 Å². The minimum Gasteiger partial charge on any atom is -0.477 e. The van der Waals surface area contributed by atoms with E-state index >= 15 is 4.39 Å². The average molecular weight is 507 g/mol. The topological polar surface area (TPSA) is 112 Å². The van der Waals surface area contributed by atoms with Crippen LogP contribution in [0.4, 0.5) is 20.2 Å². The largest absolute Gasteiger partial charge is 0.477 e. The molecule has 0 spiro atoms. The zero-order valence-electron chi connectivity index (χ0n) is 19.4. The number of nitrogen functional groups attached to an aromatic ring is 1. The van der Waals surface area contributed by atoms with Crippen LogP contribution in [0, 0.1) is 24.5 Å². The van der Waals surface area contributed by atoms with Crippen molar-refractivity contribution in [2.24, 2.45) is 5.92 Å². The Morgan fingerprint density at radius 3 is 2.51 bits per heavy atom. The third-order valence-corrected chi connectivity index (χ3v) is 6.65. The van der Waals surface area contributed by atoms with Crippen LogP contribution in [0.1, 0.15) is 21.5 Å². The van der Waals surface area contributed by atoms with Gasteiger partial charge in [0.05, 0.1) is 39.6 Å². The quantitative estimate of drug-likeness (QED) is 0.441. The van der Waals surface area contributed by atoms with Gasteiger partial charge in [-0.3, -0.25) is 4.79 Å². The van der Waals surface area contributed by atoms with Crippen LogP contribution >= 0.6 is 11.6 Å². The highest BCUT2D eigenvalue weighted by molar-refractivity contribution is 6.38. The molecule has 1 aliphatic heterocycles. The number of rotatable bonds is 6. The lowest BCUT2D eigenvalue weighted by molar-refractivity contribution is 0.0695. The van der Waals surface area contributed by atoms with Crippen molar-refractivity contribution >= 4 is 39.8 Å². The summed E-state index contributed by atoms with van der Waals surface area (Å²) in [5, 5.41) is 19.2. The number of aliphatic hydroxyl groups excluding tert-OH is 1. The summed E-state index contributed by atoms with van der Waals surface area (Å²) in [5.74, 6) is -2.72. The first-order chi connectivity index (χ1) is 16.5. The molecule has 0 aliphatic carbocycles. The van der Waals surface area contributed by atoms with E-state index in [-0.39, 0.29) is 44.1 Å². The zero-order valence-corrected chi connectivity index (χ0v) is 20.2. The maximum Gasteiger partial charge on any atom is 0.341 e. The summed E-state index contributed by atoms with van der Waals surface area (Å²) in [6, 6.07) is 2.23. The van der Waals surface area contributed by atoms with Crippen molar-refractivity contribution in [3.63, 3.8) is 0 Å². The predicted octanol–water partition coefficient (Wildman–Crippen LogP) is 3.00. The van der Waals surface area contributed by atoms with Gasteiger partial charge in [0.2, 0.25) is 5.43 Å². The highest BCUT2D eigenvalue weighted by Crippen LogP contribution is 2.42. The Kier molecular flexibility index (Phi) is 6.48. The van der Waals surface area contributed by atoms with E-state index < -0.39 is 35.2 Å². The van der Waals surface area contributed by atoms with E-state index in [4.69, 9.17) is 17.3 Å². The second kappa shape index (κ2) is 9.10. The molecule has 0 amide bonds. The Balaban J connectivity index is 2.07. The Bertz CT molecular complexity index is 1420. The standard InChI is InChI=1S/C24H25ClF2N4O4/c1-11-18-21(19(25)22(20(11)27)30-7-12(8-30)6-29(2)3)31(9-14(23(18)33)24(34)35)17-5-16(28)15(26)4-13(17)10-32/h4-5,9,12,32H,6-8,10,28H2,1-3H3,(H,34,35). The molecule has 2 aromatic carbocycles. The summed E-state index contributed by atoms with van der Waals surface area (Å²) in [6.07, 6.45) is 1.04. The fourth-order valence-electron chi connectivity index (χ4n) is 4.65. The molecule has 4 N–H and O–H groups in total. The van der Waals surface area contributed by atoms with E-state index in [0.29, 0.717) is 19.0 Å². The highest BCUT2D eigenvalue weighted by atomic mass is 35.5. The van der Waals surface area contributed by atoms with Crippen molar-refractivity contribution in [1.29, 1.82) is 0 Å². The Hall–Kier alpha value is -3.21. The van der Waals surface area contributed by atoms with E-state index in [2.05, 4.69) is 0 Å². The minimum absolute atomic E-state index is 0.0485. The number of fused-ring (bicyclic) bond motifs is 1. The van der Waals surface area contributed by atoms with Gasteiger partial charge in [0.1, 0.15) is 11.4 Å². The molecular formula is C24H25ClF2N4O4. The van der Waals surface area contributed by atoms with Gasteiger partial charge in [-0.1, -0.05) is 11.6 Å². The molecule has 0 atom stereocenters. The summed E-state index contributed by atoms with van der Waals surface area (Å²) < 4.78 is 31.0. The maximum atomic E-state index is 15.6. The molecule has 4 rings (SSSR count). The number of nitrogens with two attached hydrogens (primary N) is 1. The maximum absolute atomic E-state index is 15.6. The first-order valence-electron chi connectivity index (χ1n) is 10.8. The lowest BCUT2D eigenvalue weighted by Gasteiger charge is -2.43. The Morgan fingerprint density at radius 2 is 1.94 bits per heavy atom. The number of aryl methyl sites for hydroxylation is 1. The molecule has 1 fully saturated rings. The number of carbonyl (C=O) groups is 1. The van der Waals surface area contributed by atoms with E-state index in [1.807, 2.05) is 19.0 Å². The Morgan fingerprint density at radius 1 is 1.29 bits per heavy atom. The van der Waals surface area contributed by atoms with Crippen LogP contribution in [0.25, 0.3) is 16.6 Å². The fraction of sp³-hybridized carbons (Fsp3) is 0.333. The van der Waals surface area contributed by atoms with Crippen molar-refractivity contribution in [3.05, 3.63) is 61.9 Å². The third-order valence-electron chi connectivity index (χ3n) is 6.29. The summed E-state index contributed by atoms with van der Waals surface area (Å²) in [4.78, 5) is 28.8. The first-order valence-corrected chi connectivity index (χ1v) is 11.2. The van der Waals surface area contributed by atoms with Gasteiger partial charge in [-0.05, 0) is 33.2 Å². The lowest BCUT2D eigenvalue weighted by Crippen LogP contribution is -2.51. The number of aliphatic hydroxyl groups is 1. The number of hydrogen-bond donors (Lipinski definition) is 3. The van der Waals surface area contributed by atoms with Gasteiger partial charge in [0.25, 0.3) is 0 Å². The lowest BCUT2D eigenvalue weighted by atomic mass is 9.96. The predicted molar refractivity (Wildman–Crippen MR) is 131 cm³/mol. The molecular weight excluding hydrogens is 482 g/mol. The average Bonchev–Trinajstić information content (AvgIpc) is 2.76. The fourth-order valence-corrected chi connectivity index (χ4v) is 5.04. The molecule has 0 saturated carbocycles. The van der Waals surface area contributed by atoms with E-state index in [1.165, 1.54) is 17.6 Å². The SMILES string of the molecule is Cc1c(F)c(N2CC(CN(C)C)C2)c(Cl)c2c1c(=O)c(C(=O)O)cn2-c1cc(N)c(F)cc1CO. The molecule has 1 aliphatic rings. The molecule has 35 heavy (non-hydrogen) atoms. The number of nitrogens with zero attached hydrogens (tertiary/aromatic N) is 3. The van der Waals surface area contributed by atoms with Gasteiger partial charge in [-0.15, -0.1) is 0 Å². The van der Waals surface area contributed by atoms with Crippen molar-refractivity contribution in [3.8, 4) is 5.69 Å². The van der Waals surface area contributed by atoms with Crippen molar-refractivity contribution in [2.45, 2.75) is 13.5 Å². The summed E-state index contributed by atoms with van der Waals surface area (Å²) in [6.45, 7) is 2.68. The molecule has 8 nitrogen and oxygen atoms in total. The van der Waals surface area contributed by atoms with E-state index in [9.17, 15) is 24.2 Å². The number of pyridine rings is 1. The van der Waals surface area contributed by atoms with Gasteiger partial charge in [0, 0.05) is 42.9 Å². The van der Waals surface area contributed by atoms with Gasteiger partial charge in [0.15, 0.2) is 5.82 Å². The normalized spacial score (nSPS) is 14.1. The molecule has 3 aromatic rings. The van der Waals surface area contributed by atoms with Crippen molar-refractivity contribution in [2.75, 3.05) is 44.4 Å². The molecule has 1 aromatic heterocycles. The van der Waals surface area contributed by atoms with Crippen LogP contribution in [0.3, 0.4) is 0 Å². The summed E-state index contributed by atoms with van der Waals surface area (Å²) >= 11 is 6.74. The molecule has 0 unspecified atom stereocenters. The smallest absolute Gasteiger partial charge is 0.341 e. The van der Waals surface area contributed by atoms with Crippen molar-refractivity contribution in [1.82, 2.24) is 9.47 Å². The Labute approximate surface area is 204 Å². The molecule has 0 radical (unpaired) electrons. The first kappa shape index (κ1) is 24.9. The molecule has 11 heteroatoms. The van der Waals surface area contributed by atoms with Gasteiger partial charge in [-0.2, -0.15) is 0 Å². The third kappa shape index (κ3) is 4.11. The second-order valence-electron chi connectivity index (χ2n) is 9.07. The number of aromatic nitrogens is 1. The molecule has 2 heterocycles. The number of hydrogen-bond acceptors (Lipinski definition) is 6. The van der Waals surface area contributed by atoms with Crippen LogP contribution in [-0.4, -0.2) is 59.4 Å². The number of halogens is 3. The van der Waals surface area contributed by atoms with Crippen LogP contribution in [-0.2, 0) is 6.61 Å². The van der Waals surface area contributed by atoms with Gasteiger partial charge >= 0.3 is 5.97 Å². The van der Waals surface area contributed by atoms with Crippen LogP contribution in [0.2, 0.25) is 5.02 Å². The van der Waals surface area contributed by atoms with Crippen LogP contribution < -0.4 is 16.1 Å². The number of anilines is 2. The number of carboxylic acid groups (broad SMARTS) is 1. The number of benzene rings is 2. The van der Waals surface area contributed by atoms with Gasteiger partial charge in [-0.25, -0.2) is 13.6 Å². The monoisotopic (exact) mass is 506 g/mol. The van der Waals surface area contributed by atoms with Crippen molar-refractivity contribution < 1.29 is 23.8 Å². The minimum atomic E-state index is -1.53. The van der Waals surface area contributed by atoms with E-state index in [1.54, 1.807) is 4.90 Å². The molecule has 1 saturated heterocycles. The molecule has 0 bridgehead atoms. The van der Waals surface area contributed by atoms with Gasteiger partial charge < -0.3 is 30.3 Å². The highest BCUT2D eigenvalue weighted by Gasteiger charge is 2.34. The summed E-state index contributed by atoms with van der Waals surface area (Å²) in [7, 11) is 3.89. The second-order valence-corrected chi connectivity index (χ2v) is 9.44.